The number of fused-ring (bicyclic) bond motifs is 7. The second kappa shape index (κ2) is 16.0. The monoisotopic (exact) mass is 854 g/mol. The summed E-state index contributed by atoms with van der Waals surface area (Å²) in [5.41, 5.74) is 17.8. The van der Waals surface area contributed by atoms with Crippen molar-refractivity contribution in [1.82, 2.24) is 4.57 Å². The van der Waals surface area contributed by atoms with Crippen LogP contribution in [0.15, 0.2) is 259 Å². The SMILES string of the molecule is c1ccc(-c2cccc3cccc(-c4ccccc4N(c4cccc(-c5ccc6c(c5)c5ccccc5n6-c5ccccc5)c4)c4cccc(-c5cccc6oc7ccccc7c56)c4)c23)cc1. The van der Waals surface area contributed by atoms with Gasteiger partial charge in [-0.3, -0.25) is 0 Å². The molecule has 0 aliphatic rings. The van der Waals surface area contributed by atoms with Crippen LogP contribution in [0.3, 0.4) is 0 Å². The Labute approximate surface area is 388 Å². The maximum absolute atomic E-state index is 6.39. The van der Waals surface area contributed by atoms with Gasteiger partial charge in [0.1, 0.15) is 11.2 Å². The highest BCUT2D eigenvalue weighted by atomic mass is 16.3. The Morgan fingerprint density at radius 3 is 1.69 bits per heavy atom. The van der Waals surface area contributed by atoms with Crippen molar-refractivity contribution in [1.29, 1.82) is 0 Å². The van der Waals surface area contributed by atoms with Gasteiger partial charge in [0.2, 0.25) is 0 Å². The summed E-state index contributed by atoms with van der Waals surface area (Å²) in [5, 5.41) is 7.13. The zero-order valence-electron chi connectivity index (χ0n) is 36.6. The molecule has 3 heteroatoms. The molecule has 0 bridgehead atoms. The van der Waals surface area contributed by atoms with E-state index in [4.69, 9.17) is 4.42 Å². The average molecular weight is 855 g/mol. The van der Waals surface area contributed by atoms with E-state index in [0.29, 0.717) is 0 Å². The standard InChI is InChI=1S/C64H42N2O/c1-3-18-43(19-4-1)51-31-15-20-44-21-16-33-55(63(44)51)53-28-7-10-34-58(53)65(50-27-14-23-47(41-50)52-32-17-37-62-64(52)56-30-9-12-36-61(56)67-62)49-26-13-22-45(40-49)46-38-39-60-57(42-46)54-29-8-11-35-59(54)66(60)48-24-5-2-6-25-48/h1-42H. The van der Waals surface area contributed by atoms with Crippen LogP contribution < -0.4 is 4.90 Å². The summed E-state index contributed by atoms with van der Waals surface area (Å²) in [6, 6.07) is 92.1. The van der Waals surface area contributed by atoms with Gasteiger partial charge in [-0.2, -0.15) is 0 Å². The Morgan fingerprint density at radius 2 is 0.866 bits per heavy atom. The van der Waals surface area contributed by atoms with E-state index < -0.39 is 0 Å². The fraction of sp³-hybridized carbons (Fsp3) is 0. The molecule has 0 spiro atoms. The molecule has 0 atom stereocenters. The second-order valence-corrected chi connectivity index (χ2v) is 17.2. The molecule has 67 heavy (non-hydrogen) atoms. The Bertz CT molecular complexity index is 3990. The number of benzene rings is 11. The lowest BCUT2D eigenvalue weighted by Crippen LogP contribution is -2.11. The van der Waals surface area contributed by atoms with Crippen molar-refractivity contribution in [3.05, 3.63) is 255 Å². The summed E-state index contributed by atoms with van der Waals surface area (Å²) in [6.07, 6.45) is 0. The molecule has 0 saturated carbocycles. The molecule has 11 aromatic carbocycles. The van der Waals surface area contributed by atoms with Crippen LogP contribution in [-0.4, -0.2) is 4.57 Å². The topological polar surface area (TPSA) is 21.3 Å². The van der Waals surface area contributed by atoms with Crippen molar-refractivity contribution in [3.63, 3.8) is 0 Å². The number of para-hydroxylation sites is 4. The molecule has 2 heterocycles. The largest absolute Gasteiger partial charge is 0.456 e. The molecule has 0 N–H and O–H groups in total. The van der Waals surface area contributed by atoms with Gasteiger partial charge in [-0.1, -0.05) is 182 Å². The smallest absolute Gasteiger partial charge is 0.136 e. The van der Waals surface area contributed by atoms with E-state index in [-0.39, 0.29) is 0 Å². The first-order valence-corrected chi connectivity index (χ1v) is 22.9. The number of aromatic nitrogens is 1. The highest BCUT2D eigenvalue weighted by molar-refractivity contribution is 6.14. The average Bonchev–Trinajstić information content (AvgIpc) is 3.95. The Hall–Kier alpha value is -8.92. The number of hydrogen-bond acceptors (Lipinski definition) is 2. The summed E-state index contributed by atoms with van der Waals surface area (Å²) < 4.78 is 8.76. The first kappa shape index (κ1) is 38.5. The Kier molecular flexibility index (Phi) is 9.17. The predicted molar refractivity (Wildman–Crippen MR) is 282 cm³/mol. The Balaban J connectivity index is 1.02. The molecular formula is C64H42N2O. The third-order valence-corrected chi connectivity index (χ3v) is 13.4. The minimum atomic E-state index is 0.882. The summed E-state index contributed by atoms with van der Waals surface area (Å²) >= 11 is 0. The van der Waals surface area contributed by atoms with Gasteiger partial charge >= 0.3 is 0 Å². The van der Waals surface area contributed by atoms with E-state index in [1.54, 1.807) is 0 Å². The van der Waals surface area contributed by atoms with Crippen LogP contribution in [0.5, 0.6) is 0 Å². The van der Waals surface area contributed by atoms with Crippen molar-refractivity contribution >= 4 is 71.6 Å². The first-order chi connectivity index (χ1) is 33.2. The van der Waals surface area contributed by atoms with Crippen molar-refractivity contribution in [3.8, 4) is 50.2 Å². The lowest BCUT2D eigenvalue weighted by Gasteiger charge is -2.29. The molecule has 13 rings (SSSR count). The highest BCUT2D eigenvalue weighted by Crippen LogP contribution is 2.47. The van der Waals surface area contributed by atoms with E-state index in [1.807, 2.05) is 6.07 Å². The van der Waals surface area contributed by atoms with Crippen LogP contribution in [0, 0.1) is 0 Å². The van der Waals surface area contributed by atoms with Crippen LogP contribution in [0.4, 0.5) is 17.1 Å². The molecule has 2 aromatic heterocycles. The molecule has 0 aliphatic carbocycles. The lowest BCUT2D eigenvalue weighted by molar-refractivity contribution is 0.669. The van der Waals surface area contributed by atoms with E-state index in [9.17, 15) is 0 Å². The molecule has 0 aliphatic heterocycles. The molecular weight excluding hydrogens is 813 g/mol. The van der Waals surface area contributed by atoms with Gasteiger partial charge < -0.3 is 13.9 Å². The Morgan fingerprint density at radius 1 is 0.313 bits per heavy atom. The maximum Gasteiger partial charge on any atom is 0.136 e. The van der Waals surface area contributed by atoms with E-state index in [2.05, 4.69) is 258 Å². The van der Waals surface area contributed by atoms with E-state index in [1.165, 1.54) is 49.3 Å². The van der Waals surface area contributed by atoms with Crippen LogP contribution in [-0.2, 0) is 0 Å². The van der Waals surface area contributed by atoms with Gasteiger partial charge in [-0.25, -0.2) is 0 Å². The lowest BCUT2D eigenvalue weighted by atomic mass is 9.90. The zero-order chi connectivity index (χ0) is 44.3. The maximum atomic E-state index is 6.39. The van der Waals surface area contributed by atoms with Gasteiger partial charge in [-0.15, -0.1) is 0 Å². The number of furan rings is 1. The van der Waals surface area contributed by atoms with Crippen molar-refractivity contribution in [2.24, 2.45) is 0 Å². The predicted octanol–water partition coefficient (Wildman–Crippen LogP) is 18.0. The fourth-order valence-electron chi connectivity index (χ4n) is 10.4. The third kappa shape index (κ3) is 6.51. The van der Waals surface area contributed by atoms with Crippen LogP contribution >= 0.6 is 0 Å². The fourth-order valence-corrected chi connectivity index (χ4v) is 10.4. The summed E-state index contributed by atoms with van der Waals surface area (Å²) in [7, 11) is 0. The number of nitrogens with zero attached hydrogens (tertiary/aromatic N) is 2. The molecule has 0 saturated heterocycles. The van der Waals surface area contributed by atoms with Crippen LogP contribution in [0.25, 0.3) is 105 Å². The van der Waals surface area contributed by atoms with E-state index in [0.717, 1.165) is 72.5 Å². The molecule has 0 amide bonds. The highest BCUT2D eigenvalue weighted by Gasteiger charge is 2.22. The summed E-state index contributed by atoms with van der Waals surface area (Å²) in [6.45, 7) is 0. The molecule has 0 radical (unpaired) electrons. The van der Waals surface area contributed by atoms with Gasteiger partial charge in [0.15, 0.2) is 0 Å². The third-order valence-electron chi connectivity index (χ3n) is 13.4. The van der Waals surface area contributed by atoms with Gasteiger partial charge in [0.05, 0.1) is 16.7 Å². The minimum Gasteiger partial charge on any atom is -0.456 e. The normalized spacial score (nSPS) is 11.6. The number of rotatable bonds is 8. The van der Waals surface area contributed by atoms with Gasteiger partial charge in [-0.05, 0) is 123 Å². The molecule has 0 fully saturated rings. The second-order valence-electron chi connectivity index (χ2n) is 17.2. The molecule has 314 valence electrons. The van der Waals surface area contributed by atoms with Gasteiger partial charge in [0.25, 0.3) is 0 Å². The molecule has 0 unspecified atom stereocenters. The molecule has 13 aromatic rings. The zero-order valence-corrected chi connectivity index (χ0v) is 36.6. The minimum absolute atomic E-state index is 0.882. The summed E-state index contributed by atoms with van der Waals surface area (Å²) in [4.78, 5) is 2.44. The number of hydrogen-bond donors (Lipinski definition) is 0. The van der Waals surface area contributed by atoms with Crippen molar-refractivity contribution < 1.29 is 4.42 Å². The summed E-state index contributed by atoms with van der Waals surface area (Å²) in [5.74, 6) is 0. The van der Waals surface area contributed by atoms with Crippen molar-refractivity contribution in [2.45, 2.75) is 0 Å². The van der Waals surface area contributed by atoms with Gasteiger partial charge in [0, 0.05) is 44.2 Å². The number of anilines is 3. The van der Waals surface area contributed by atoms with E-state index >= 15 is 0 Å². The van der Waals surface area contributed by atoms with Crippen molar-refractivity contribution in [2.75, 3.05) is 4.90 Å². The van der Waals surface area contributed by atoms with Crippen LogP contribution in [0.2, 0.25) is 0 Å². The first-order valence-electron chi connectivity index (χ1n) is 22.9. The quantitative estimate of drug-likeness (QED) is 0.152. The molecule has 3 nitrogen and oxygen atoms in total. The van der Waals surface area contributed by atoms with Crippen LogP contribution in [0.1, 0.15) is 0 Å².